The Morgan fingerprint density at radius 2 is 1.67 bits per heavy atom. The number of aromatic nitrogens is 2. The Hall–Kier alpha value is -3.05. The third-order valence-electron chi connectivity index (χ3n) is 6.91. The van der Waals surface area contributed by atoms with Crippen molar-refractivity contribution >= 4 is 17.7 Å². The Morgan fingerprint density at radius 1 is 1.03 bits per heavy atom. The Morgan fingerprint density at radius 3 is 2.25 bits per heavy atom. The lowest BCUT2D eigenvalue weighted by molar-refractivity contribution is -0.143. The number of hydrogen-bond acceptors (Lipinski definition) is 3. The van der Waals surface area contributed by atoms with E-state index >= 15 is 0 Å². The zero-order valence-electron chi connectivity index (χ0n) is 19.5. The van der Waals surface area contributed by atoms with E-state index in [1.54, 1.807) is 4.90 Å². The van der Waals surface area contributed by atoms with Crippen LogP contribution in [0.25, 0.3) is 0 Å². The summed E-state index contributed by atoms with van der Waals surface area (Å²) in [6.07, 6.45) is -5.16. The molecule has 1 fully saturated rings. The number of amides is 2. The number of nitrogens with zero attached hydrogens (tertiary/aromatic N) is 4. The van der Waals surface area contributed by atoms with E-state index < -0.39 is 29.5 Å². The van der Waals surface area contributed by atoms with Crippen LogP contribution in [0, 0.1) is 0 Å². The van der Waals surface area contributed by atoms with Crippen molar-refractivity contribution < 1.29 is 31.1 Å². The summed E-state index contributed by atoms with van der Waals surface area (Å²) in [5, 5.41) is 0. The quantitative estimate of drug-likeness (QED) is 0.489. The number of nitrogens with one attached hydrogen (secondary N) is 1. The van der Waals surface area contributed by atoms with E-state index in [1.807, 2.05) is 6.92 Å². The SMILES string of the molecule is CCCN1C(=O)N2CC(Cc3cc(C(F)(F)F)cc(C(F)(F)F)c3)N=C2c2[nH]c(C3CCCC3)nc21. The molecule has 1 N–H and O–H groups in total. The molecule has 0 radical (unpaired) electrons. The van der Waals surface area contributed by atoms with E-state index in [4.69, 9.17) is 4.98 Å². The van der Waals surface area contributed by atoms with E-state index in [-0.39, 0.29) is 36.5 Å². The third-order valence-corrected chi connectivity index (χ3v) is 6.91. The van der Waals surface area contributed by atoms with Crippen LogP contribution in [0.4, 0.5) is 37.0 Å². The van der Waals surface area contributed by atoms with Gasteiger partial charge in [0.05, 0.1) is 23.7 Å². The number of hydrogen-bond donors (Lipinski definition) is 1. The second-order valence-corrected chi connectivity index (χ2v) is 9.57. The van der Waals surface area contributed by atoms with Crippen LogP contribution in [-0.4, -0.2) is 45.9 Å². The first-order valence-electron chi connectivity index (χ1n) is 12.0. The summed E-state index contributed by atoms with van der Waals surface area (Å²) in [4.78, 5) is 28.9. The highest BCUT2D eigenvalue weighted by Crippen LogP contribution is 2.39. The van der Waals surface area contributed by atoms with Gasteiger partial charge < -0.3 is 4.98 Å². The van der Waals surface area contributed by atoms with Crippen LogP contribution in [0.1, 0.15) is 73.2 Å². The fourth-order valence-corrected chi connectivity index (χ4v) is 5.26. The molecule has 36 heavy (non-hydrogen) atoms. The molecule has 1 atom stereocenters. The van der Waals surface area contributed by atoms with Crippen molar-refractivity contribution in [2.75, 3.05) is 18.0 Å². The first-order chi connectivity index (χ1) is 17.0. The minimum Gasteiger partial charge on any atom is -0.337 e. The summed E-state index contributed by atoms with van der Waals surface area (Å²) in [5.41, 5.74) is -2.29. The lowest BCUT2D eigenvalue weighted by atomic mass is 10.00. The molecule has 5 rings (SSSR count). The number of anilines is 1. The number of aliphatic imine (C=N–C) groups is 1. The van der Waals surface area contributed by atoms with E-state index in [0.29, 0.717) is 30.3 Å². The van der Waals surface area contributed by atoms with Crippen LogP contribution in [-0.2, 0) is 18.8 Å². The molecule has 1 aromatic carbocycles. The van der Waals surface area contributed by atoms with Crippen molar-refractivity contribution in [2.45, 2.75) is 69.8 Å². The van der Waals surface area contributed by atoms with Gasteiger partial charge in [-0.25, -0.2) is 9.78 Å². The summed E-state index contributed by atoms with van der Waals surface area (Å²) in [6, 6.07) is 0.521. The Kier molecular flexibility index (Phi) is 6.03. The van der Waals surface area contributed by atoms with E-state index in [2.05, 4.69) is 9.98 Å². The van der Waals surface area contributed by atoms with Crippen molar-refractivity contribution in [1.82, 2.24) is 14.9 Å². The molecule has 0 saturated heterocycles. The molecule has 194 valence electrons. The van der Waals surface area contributed by atoms with Gasteiger partial charge in [-0.3, -0.25) is 14.8 Å². The smallest absolute Gasteiger partial charge is 0.337 e. The monoisotopic (exact) mass is 513 g/mol. The van der Waals surface area contributed by atoms with Crippen LogP contribution >= 0.6 is 0 Å². The van der Waals surface area contributed by atoms with Crippen LogP contribution in [0.2, 0.25) is 0 Å². The first-order valence-corrected chi connectivity index (χ1v) is 12.0. The average molecular weight is 513 g/mol. The predicted molar refractivity (Wildman–Crippen MR) is 120 cm³/mol. The van der Waals surface area contributed by atoms with Crippen molar-refractivity contribution in [3.63, 3.8) is 0 Å². The van der Waals surface area contributed by atoms with Gasteiger partial charge in [0.15, 0.2) is 11.7 Å². The van der Waals surface area contributed by atoms with E-state index in [9.17, 15) is 31.1 Å². The standard InChI is InChI=1S/C24H25F6N5O/c1-2-7-34-21-18(32-19(33-21)14-5-3-4-6-14)20-31-17(12-35(20)22(34)36)10-13-8-15(23(25,26)27)11-16(9-13)24(28,29)30/h8-9,11,14,17H,2-7,10,12H2,1H3,(H,32,33). The van der Waals surface area contributed by atoms with Crippen molar-refractivity contribution in [1.29, 1.82) is 0 Å². The van der Waals surface area contributed by atoms with Crippen molar-refractivity contribution in [2.24, 2.45) is 4.99 Å². The number of benzene rings is 1. The normalized spacial score (nSPS) is 20.7. The summed E-state index contributed by atoms with van der Waals surface area (Å²) in [6.45, 7) is 2.42. The minimum atomic E-state index is -4.92. The van der Waals surface area contributed by atoms with Crippen molar-refractivity contribution in [3.8, 4) is 0 Å². The van der Waals surface area contributed by atoms with Crippen LogP contribution in [0.15, 0.2) is 23.2 Å². The summed E-state index contributed by atoms with van der Waals surface area (Å²) < 4.78 is 79.7. The summed E-state index contributed by atoms with van der Waals surface area (Å²) in [7, 11) is 0. The van der Waals surface area contributed by atoms with Gasteiger partial charge in [-0.05, 0) is 49.4 Å². The molecule has 12 heteroatoms. The van der Waals surface area contributed by atoms with Gasteiger partial charge in [0.25, 0.3) is 0 Å². The van der Waals surface area contributed by atoms with Crippen LogP contribution < -0.4 is 4.90 Å². The second-order valence-electron chi connectivity index (χ2n) is 9.57. The maximum atomic E-state index is 13.3. The molecule has 2 aliphatic heterocycles. The largest absolute Gasteiger partial charge is 0.416 e. The van der Waals surface area contributed by atoms with E-state index in [1.165, 1.54) is 4.90 Å². The number of alkyl halides is 6. The molecule has 3 aliphatic rings. The number of amidine groups is 1. The first kappa shape index (κ1) is 24.6. The average Bonchev–Trinajstić information content (AvgIpc) is 3.54. The number of fused-ring (bicyclic) bond motifs is 3. The highest BCUT2D eigenvalue weighted by molar-refractivity contribution is 6.18. The molecule has 0 bridgehead atoms. The number of H-pyrrole nitrogens is 1. The van der Waals surface area contributed by atoms with Gasteiger partial charge in [0.1, 0.15) is 11.5 Å². The van der Waals surface area contributed by atoms with Gasteiger partial charge >= 0.3 is 18.4 Å². The predicted octanol–water partition coefficient (Wildman–Crippen LogP) is 6.13. The molecule has 1 saturated carbocycles. The maximum Gasteiger partial charge on any atom is 0.416 e. The maximum absolute atomic E-state index is 13.3. The number of imidazole rings is 1. The van der Waals surface area contributed by atoms with Crippen LogP contribution in [0.5, 0.6) is 0 Å². The number of carbonyl (C=O) groups is 1. The highest BCUT2D eigenvalue weighted by atomic mass is 19.4. The number of urea groups is 1. The van der Waals surface area contributed by atoms with Gasteiger partial charge in [0.2, 0.25) is 0 Å². The number of rotatable bonds is 5. The summed E-state index contributed by atoms with van der Waals surface area (Å²) >= 11 is 0. The second kappa shape index (κ2) is 8.81. The minimum absolute atomic E-state index is 0.0587. The zero-order chi connectivity index (χ0) is 25.8. The Labute approximate surface area is 203 Å². The Balaban J connectivity index is 1.48. The zero-order valence-corrected chi connectivity index (χ0v) is 19.5. The van der Waals surface area contributed by atoms with Crippen LogP contribution in [0.3, 0.4) is 0 Å². The number of carbonyl (C=O) groups excluding carboxylic acids is 1. The highest BCUT2D eigenvalue weighted by Gasteiger charge is 2.43. The van der Waals surface area contributed by atoms with Gasteiger partial charge in [-0.2, -0.15) is 26.3 Å². The molecule has 1 aliphatic carbocycles. The fraction of sp³-hybridized carbons (Fsp3) is 0.542. The lowest BCUT2D eigenvalue weighted by Crippen LogP contribution is -2.50. The number of halogens is 6. The van der Waals surface area contributed by atoms with Gasteiger partial charge in [0, 0.05) is 12.5 Å². The molecule has 3 heterocycles. The molecule has 1 aromatic heterocycles. The fourth-order valence-electron chi connectivity index (χ4n) is 5.26. The number of aromatic amines is 1. The summed E-state index contributed by atoms with van der Waals surface area (Å²) in [5.74, 6) is 1.86. The molecule has 6 nitrogen and oxygen atoms in total. The molecule has 0 spiro atoms. The van der Waals surface area contributed by atoms with Gasteiger partial charge in [-0.1, -0.05) is 19.8 Å². The van der Waals surface area contributed by atoms with Crippen molar-refractivity contribution in [3.05, 3.63) is 46.4 Å². The molecular weight excluding hydrogens is 488 g/mol. The molecule has 2 amide bonds. The topological polar surface area (TPSA) is 64.6 Å². The molecule has 2 aromatic rings. The molecular formula is C24H25F6N5O. The van der Waals surface area contributed by atoms with Gasteiger partial charge in [-0.15, -0.1) is 0 Å². The van der Waals surface area contributed by atoms with E-state index in [0.717, 1.165) is 43.6 Å². The Bertz CT molecular complexity index is 1160. The lowest BCUT2D eigenvalue weighted by Gasteiger charge is -2.32. The molecule has 1 unspecified atom stereocenters. The third kappa shape index (κ3) is 4.45.